The summed E-state index contributed by atoms with van der Waals surface area (Å²) in [5.74, 6) is 0. The molecule has 0 spiro atoms. The van der Waals surface area contributed by atoms with Gasteiger partial charge in [-0.2, -0.15) is 0 Å². The van der Waals surface area contributed by atoms with Crippen LogP contribution in [-0.2, 0) is 9.47 Å². The van der Waals surface area contributed by atoms with Gasteiger partial charge in [0.05, 0.1) is 26.4 Å². The average molecular weight is 370 g/mol. The number of allylic oxidation sites excluding steroid dienone is 4. The van der Waals surface area contributed by atoms with Gasteiger partial charge in [0.2, 0.25) is 0 Å². The minimum atomic E-state index is 0.841. The van der Waals surface area contributed by atoms with Crippen LogP contribution in [0.15, 0.2) is 83.0 Å². The first-order valence-corrected chi connectivity index (χ1v) is 10.4. The average Bonchev–Trinajstić information content (AvgIpc) is 2.76. The molecule has 0 aromatic heterocycles. The molecule has 5 rings (SSSR count). The zero-order valence-corrected chi connectivity index (χ0v) is 16.2. The SMILES string of the molecule is c1ccc(C2=C(c3ccccc3)C(=C3CCOCC3)C2=C2CCOCC2)cc1. The molecule has 2 aliphatic heterocycles. The Bertz CT molecular complexity index is 853. The monoisotopic (exact) mass is 370 g/mol. The number of rotatable bonds is 2. The van der Waals surface area contributed by atoms with E-state index in [-0.39, 0.29) is 0 Å². The van der Waals surface area contributed by atoms with Crippen molar-refractivity contribution in [1.82, 2.24) is 0 Å². The lowest BCUT2D eigenvalue weighted by Crippen LogP contribution is -2.21. The van der Waals surface area contributed by atoms with Crippen LogP contribution in [0, 0.1) is 0 Å². The van der Waals surface area contributed by atoms with Gasteiger partial charge in [0, 0.05) is 0 Å². The summed E-state index contributed by atoms with van der Waals surface area (Å²) in [5, 5.41) is 0. The van der Waals surface area contributed by atoms with Crippen LogP contribution in [0.2, 0.25) is 0 Å². The van der Waals surface area contributed by atoms with Crippen molar-refractivity contribution in [2.75, 3.05) is 26.4 Å². The van der Waals surface area contributed by atoms with Gasteiger partial charge in [-0.05, 0) is 59.1 Å². The highest BCUT2D eigenvalue weighted by Gasteiger charge is 2.36. The lowest BCUT2D eigenvalue weighted by molar-refractivity contribution is 0.117. The van der Waals surface area contributed by atoms with E-state index in [1.165, 1.54) is 33.4 Å². The van der Waals surface area contributed by atoms with Crippen LogP contribution in [0.25, 0.3) is 11.1 Å². The highest BCUT2D eigenvalue weighted by Crippen LogP contribution is 2.55. The van der Waals surface area contributed by atoms with Crippen LogP contribution in [0.1, 0.15) is 36.8 Å². The summed E-state index contributed by atoms with van der Waals surface area (Å²) >= 11 is 0. The Morgan fingerprint density at radius 3 is 1.14 bits per heavy atom. The van der Waals surface area contributed by atoms with Crippen molar-refractivity contribution in [3.05, 3.63) is 94.1 Å². The Labute approximate surface area is 167 Å². The summed E-state index contributed by atoms with van der Waals surface area (Å²) in [6.45, 7) is 3.36. The molecule has 2 nitrogen and oxygen atoms in total. The van der Waals surface area contributed by atoms with Crippen molar-refractivity contribution in [3.63, 3.8) is 0 Å². The summed E-state index contributed by atoms with van der Waals surface area (Å²) in [4.78, 5) is 0. The minimum absolute atomic E-state index is 0.841. The van der Waals surface area contributed by atoms with Crippen molar-refractivity contribution in [1.29, 1.82) is 0 Å². The molecular formula is C26H26O2. The molecule has 2 saturated heterocycles. The standard InChI is InChI=1S/C26H26O2/c1-3-7-19(8-4-1)23-24(20-9-5-2-6-10-20)26(22-13-17-28-18-14-22)25(23)21-11-15-27-16-12-21/h1-10H,11-18H2. The molecule has 0 unspecified atom stereocenters. The predicted molar refractivity (Wildman–Crippen MR) is 114 cm³/mol. The summed E-state index contributed by atoms with van der Waals surface area (Å²) in [7, 11) is 0. The molecule has 1 aliphatic carbocycles. The van der Waals surface area contributed by atoms with Gasteiger partial charge in [0.1, 0.15) is 0 Å². The molecule has 142 valence electrons. The quantitative estimate of drug-likeness (QED) is 0.663. The van der Waals surface area contributed by atoms with Crippen LogP contribution in [0.3, 0.4) is 0 Å². The Hall–Kier alpha value is -2.42. The van der Waals surface area contributed by atoms with E-state index in [0.29, 0.717) is 0 Å². The number of ether oxygens (including phenoxy) is 2. The molecule has 0 bridgehead atoms. The van der Waals surface area contributed by atoms with E-state index in [9.17, 15) is 0 Å². The van der Waals surface area contributed by atoms with Crippen LogP contribution in [0.4, 0.5) is 0 Å². The lowest BCUT2D eigenvalue weighted by Gasteiger charge is -2.38. The normalized spacial score (nSPS) is 20.4. The topological polar surface area (TPSA) is 18.5 Å². The fraction of sp³-hybridized carbons (Fsp3) is 0.308. The first-order chi connectivity index (χ1) is 13.9. The Kier molecular flexibility index (Phi) is 4.99. The van der Waals surface area contributed by atoms with E-state index in [0.717, 1.165) is 52.1 Å². The van der Waals surface area contributed by atoms with E-state index in [2.05, 4.69) is 60.7 Å². The van der Waals surface area contributed by atoms with Crippen LogP contribution in [-0.4, -0.2) is 26.4 Å². The highest BCUT2D eigenvalue weighted by atomic mass is 16.5. The predicted octanol–water partition coefficient (Wildman–Crippen LogP) is 5.83. The molecule has 0 radical (unpaired) electrons. The molecule has 2 aromatic carbocycles. The van der Waals surface area contributed by atoms with Crippen LogP contribution in [0.5, 0.6) is 0 Å². The third kappa shape index (κ3) is 3.17. The van der Waals surface area contributed by atoms with Crippen molar-refractivity contribution in [3.8, 4) is 0 Å². The molecule has 3 aliphatic rings. The van der Waals surface area contributed by atoms with Gasteiger partial charge in [-0.15, -0.1) is 0 Å². The van der Waals surface area contributed by atoms with Crippen molar-refractivity contribution in [2.45, 2.75) is 25.7 Å². The Balaban J connectivity index is 1.77. The molecule has 2 heterocycles. The fourth-order valence-electron chi connectivity index (χ4n) is 4.67. The molecule has 2 aromatic rings. The lowest BCUT2D eigenvalue weighted by atomic mass is 9.66. The number of benzene rings is 2. The van der Waals surface area contributed by atoms with Crippen molar-refractivity contribution in [2.24, 2.45) is 0 Å². The summed E-state index contributed by atoms with van der Waals surface area (Å²) < 4.78 is 11.3. The van der Waals surface area contributed by atoms with Gasteiger partial charge in [0.25, 0.3) is 0 Å². The molecular weight excluding hydrogens is 344 g/mol. The number of hydrogen-bond acceptors (Lipinski definition) is 2. The second-order valence-corrected chi connectivity index (χ2v) is 7.66. The van der Waals surface area contributed by atoms with E-state index in [1.54, 1.807) is 11.1 Å². The first kappa shape index (κ1) is 17.7. The zero-order valence-electron chi connectivity index (χ0n) is 16.2. The summed E-state index contributed by atoms with van der Waals surface area (Å²) in [5.41, 5.74) is 11.7. The van der Waals surface area contributed by atoms with E-state index >= 15 is 0 Å². The molecule has 0 saturated carbocycles. The van der Waals surface area contributed by atoms with Gasteiger partial charge in [-0.3, -0.25) is 0 Å². The molecule has 2 fully saturated rings. The molecule has 2 heteroatoms. The van der Waals surface area contributed by atoms with Crippen molar-refractivity contribution < 1.29 is 9.47 Å². The highest BCUT2D eigenvalue weighted by molar-refractivity contribution is 6.19. The smallest absolute Gasteiger partial charge is 0.0503 e. The molecule has 0 N–H and O–H groups in total. The van der Waals surface area contributed by atoms with Crippen molar-refractivity contribution >= 4 is 11.1 Å². The van der Waals surface area contributed by atoms with Gasteiger partial charge in [-0.1, -0.05) is 71.8 Å². The maximum atomic E-state index is 5.67. The maximum Gasteiger partial charge on any atom is 0.0503 e. The second-order valence-electron chi connectivity index (χ2n) is 7.66. The van der Waals surface area contributed by atoms with Gasteiger partial charge >= 0.3 is 0 Å². The summed E-state index contributed by atoms with van der Waals surface area (Å²) in [6, 6.07) is 21.8. The Morgan fingerprint density at radius 1 is 0.429 bits per heavy atom. The second kappa shape index (κ2) is 7.90. The first-order valence-electron chi connectivity index (χ1n) is 10.4. The van der Waals surface area contributed by atoms with E-state index in [1.807, 2.05) is 0 Å². The fourth-order valence-corrected chi connectivity index (χ4v) is 4.67. The maximum absolute atomic E-state index is 5.67. The van der Waals surface area contributed by atoms with Gasteiger partial charge in [0.15, 0.2) is 0 Å². The molecule has 28 heavy (non-hydrogen) atoms. The van der Waals surface area contributed by atoms with Crippen LogP contribution >= 0.6 is 0 Å². The minimum Gasteiger partial charge on any atom is -0.381 e. The molecule has 0 amide bonds. The summed E-state index contributed by atoms with van der Waals surface area (Å²) in [6.07, 6.45) is 4.17. The third-order valence-corrected chi connectivity index (χ3v) is 6.02. The zero-order chi connectivity index (χ0) is 18.8. The van der Waals surface area contributed by atoms with E-state index in [4.69, 9.17) is 9.47 Å². The molecule has 0 atom stereocenters. The van der Waals surface area contributed by atoms with Gasteiger partial charge in [-0.25, -0.2) is 0 Å². The van der Waals surface area contributed by atoms with Crippen LogP contribution < -0.4 is 0 Å². The van der Waals surface area contributed by atoms with Gasteiger partial charge < -0.3 is 9.47 Å². The largest absolute Gasteiger partial charge is 0.381 e. The Morgan fingerprint density at radius 2 is 0.786 bits per heavy atom. The third-order valence-electron chi connectivity index (χ3n) is 6.02. The van der Waals surface area contributed by atoms with E-state index < -0.39 is 0 Å². The number of hydrogen-bond donors (Lipinski definition) is 0.